The number of anilines is 1. The third kappa shape index (κ3) is 1.46. The number of H-pyrrole nitrogens is 1. The molecule has 1 aromatic rings. The van der Waals surface area contributed by atoms with Crippen molar-refractivity contribution in [1.29, 1.82) is 0 Å². The van der Waals surface area contributed by atoms with E-state index < -0.39 is 0 Å². The van der Waals surface area contributed by atoms with Gasteiger partial charge in [0, 0.05) is 7.05 Å². The maximum atomic E-state index is 4.70. The molecule has 48 valence electrons. The molecule has 1 rings (SSSR count). The highest BCUT2D eigenvalue weighted by atomic mass is 32.1. The molecule has 0 radical (unpaired) electrons. The molecular weight excluding hydrogens is 136 g/mol. The SMILES string of the molecule is CNc1cn[nH]c(=S)n1. The van der Waals surface area contributed by atoms with Crippen molar-refractivity contribution in [2.75, 3.05) is 12.4 Å². The summed E-state index contributed by atoms with van der Waals surface area (Å²) in [6, 6.07) is 0. The van der Waals surface area contributed by atoms with Gasteiger partial charge in [0.15, 0.2) is 0 Å². The van der Waals surface area contributed by atoms with E-state index in [9.17, 15) is 0 Å². The lowest BCUT2D eigenvalue weighted by molar-refractivity contribution is 0.951. The van der Waals surface area contributed by atoms with Crippen molar-refractivity contribution >= 4 is 18.0 Å². The molecule has 0 atom stereocenters. The second-order valence-electron chi connectivity index (χ2n) is 1.42. The molecule has 0 amide bonds. The summed E-state index contributed by atoms with van der Waals surface area (Å²) in [7, 11) is 1.76. The fourth-order valence-electron chi connectivity index (χ4n) is 0.432. The van der Waals surface area contributed by atoms with Gasteiger partial charge in [-0.25, -0.2) is 4.98 Å². The Bertz CT molecular complexity index is 242. The fourth-order valence-corrected chi connectivity index (χ4v) is 0.583. The number of rotatable bonds is 1. The first kappa shape index (κ1) is 6.15. The summed E-state index contributed by atoms with van der Waals surface area (Å²) in [5, 5.41) is 9.03. The van der Waals surface area contributed by atoms with Gasteiger partial charge in [-0.3, -0.25) is 5.10 Å². The predicted octanol–water partition coefficient (Wildman–Crippen LogP) is 0.576. The molecule has 0 saturated heterocycles. The van der Waals surface area contributed by atoms with Crippen LogP contribution < -0.4 is 5.32 Å². The van der Waals surface area contributed by atoms with Gasteiger partial charge in [0.1, 0.15) is 5.82 Å². The van der Waals surface area contributed by atoms with Crippen molar-refractivity contribution in [3.05, 3.63) is 11.0 Å². The molecule has 1 aromatic heterocycles. The monoisotopic (exact) mass is 142 g/mol. The van der Waals surface area contributed by atoms with Crippen LogP contribution in [0.1, 0.15) is 0 Å². The number of hydrogen-bond acceptors (Lipinski definition) is 4. The van der Waals surface area contributed by atoms with E-state index >= 15 is 0 Å². The van der Waals surface area contributed by atoms with E-state index in [4.69, 9.17) is 12.2 Å². The Kier molecular flexibility index (Phi) is 1.74. The maximum Gasteiger partial charge on any atom is 0.215 e. The molecule has 1 heterocycles. The van der Waals surface area contributed by atoms with Gasteiger partial charge in [0.2, 0.25) is 4.77 Å². The summed E-state index contributed by atoms with van der Waals surface area (Å²) in [6.45, 7) is 0. The average molecular weight is 142 g/mol. The standard InChI is InChI=1S/C4H6N4S/c1-5-3-2-6-8-4(9)7-3/h2H,1H3,(H2,5,7,8,9). The maximum absolute atomic E-state index is 4.70. The molecule has 4 nitrogen and oxygen atoms in total. The molecule has 5 heteroatoms. The zero-order chi connectivity index (χ0) is 6.69. The highest BCUT2D eigenvalue weighted by Crippen LogP contribution is 1.92. The summed E-state index contributed by atoms with van der Waals surface area (Å²) in [4.78, 5) is 3.88. The zero-order valence-electron chi connectivity index (χ0n) is 4.88. The van der Waals surface area contributed by atoms with Crippen molar-refractivity contribution in [3.63, 3.8) is 0 Å². The summed E-state index contributed by atoms with van der Waals surface area (Å²) in [5.41, 5.74) is 0. The Balaban J connectivity index is 3.08. The molecule has 0 unspecified atom stereocenters. The van der Waals surface area contributed by atoms with Crippen LogP contribution in [0.25, 0.3) is 0 Å². The second kappa shape index (κ2) is 2.54. The Morgan fingerprint density at radius 2 is 2.56 bits per heavy atom. The predicted molar refractivity (Wildman–Crippen MR) is 36.8 cm³/mol. The summed E-state index contributed by atoms with van der Waals surface area (Å²) < 4.78 is 0.391. The molecule has 9 heavy (non-hydrogen) atoms. The van der Waals surface area contributed by atoms with Crippen LogP contribution in [-0.4, -0.2) is 22.2 Å². The van der Waals surface area contributed by atoms with Gasteiger partial charge in [-0.1, -0.05) is 0 Å². The molecular formula is C4H6N4S. The molecule has 0 spiro atoms. The van der Waals surface area contributed by atoms with Crippen LogP contribution in [0.3, 0.4) is 0 Å². The van der Waals surface area contributed by atoms with Crippen LogP contribution in [-0.2, 0) is 0 Å². The summed E-state index contributed by atoms with van der Waals surface area (Å²) >= 11 is 4.70. The Labute approximate surface area is 57.3 Å². The van der Waals surface area contributed by atoms with Gasteiger partial charge in [-0.2, -0.15) is 5.10 Å². The Morgan fingerprint density at radius 3 is 3.00 bits per heavy atom. The van der Waals surface area contributed by atoms with Gasteiger partial charge < -0.3 is 5.32 Å². The quantitative estimate of drug-likeness (QED) is 0.563. The third-order valence-corrected chi connectivity index (χ3v) is 1.01. The number of hydrogen-bond donors (Lipinski definition) is 2. The van der Waals surface area contributed by atoms with Gasteiger partial charge in [0.05, 0.1) is 6.20 Å². The van der Waals surface area contributed by atoms with Crippen molar-refractivity contribution in [1.82, 2.24) is 15.2 Å². The molecule has 0 bridgehead atoms. The van der Waals surface area contributed by atoms with Crippen molar-refractivity contribution < 1.29 is 0 Å². The molecule has 0 aliphatic heterocycles. The van der Waals surface area contributed by atoms with Gasteiger partial charge in [-0.05, 0) is 12.2 Å². The second-order valence-corrected chi connectivity index (χ2v) is 1.81. The van der Waals surface area contributed by atoms with Crippen LogP contribution in [0.15, 0.2) is 6.20 Å². The van der Waals surface area contributed by atoms with E-state index in [0.29, 0.717) is 10.6 Å². The largest absolute Gasteiger partial charge is 0.372 e. The van der Waals surface area contributed by atoms with E-state index in [1.54, 1.807) is 13.2 Å². The third-order valence-electron chi connectivity index (χ3n) is 0.825. The summed E-state index contributed by atoms with van der Waals surface area (Å²) in [6.07, 6.45) is 1.57. The van der Waals surface area contributed by atoms with Crippen molar-refractivity contribution in [2.24, 2.45) is 0 Å². The van der Waals surface area contributed by atoms with E-state index in [1.165, 1.54) is 0 Å². The first-order valence-corrected chi connectivity index (χ1v) is 2.83. The number of nitrogens with zero attached hydrogens (tertiary/aromatic N) is 2. The van der Waals surface area contributed by atoms with E-state index in [2.05, 4.69) is 20.5 Å². The average Bonchev–Trinajstić information content (AvgIpc) is 1.88. The first-order valence-electron chi connectivity index (χ1n) is 2.42. The Morgan fingerprint density at radius 1 is 1.78 bits per heavy atom. The number of aromatic nitrogens is 3. The van der Waals surface area contributed by atoms with Crippen molar-refractivity contribution in [2.45, 2.75) is 0 Å². The molecule has 0 saturated carbocycles. The number of aromatic amines is 1. The number of nitrogens with one attached hydrogen (secondary N) is 2. The van der Waals surface area contributed by atoms with Crippen LogP contribution in [0.5, 0.6) is 0 Å². The lowest BCUT2D eigenvalue weighted by Gasteiger charge is -1.92. The molecule has 0 fully saturated rings. The van der Waals surface area contributed by atoms with E-state index in [1.807, 2.05) is 0 Å². The Hall–Kier alpha value is -0.970. The lowest BCUT2D eigenvalue weighted by Crippen LogP contribution is -1.94. The van der Waals surface area contributed by atoms with Crippen LogP contribution in [0, 0.1) is 4.77 Å². The molecule has 0 aliphatic carbocycles. The minimum atomic E-state index is 0.391. The van der Waals surface area contributed by atoms with Gasteiger partial charge in [-0.15, -0.1) is 0 Å². The van der Waals surface area contributed by atoms with Crippen LogP contribution in [0.2, 0.25) is 0 Å². The highest BCUT2D eigenvalue weighted by molar-refractivity contribution is 7.71. The normalized spacial score (nSPS) is 9.00. The van der Waals surface area contributed by atoms with E-state index in [-0.39, 0.29) is 0 Å². The minimum Gasteiger partial charge on any atom is -0.372 e. The molecule has 2 N–H and O–H groups in total. The first-order chi connectivity index (χ1) is 4.33. The van der Waals surface area contributed by atoms with Gasteiger partial charge in [0.25, 0.3) is 0 Å². The summed E-state index contributed by atoms with van der Waals surface area (Å²) in [5.74, 6) is 0.679. The minimum absolute atomic E-state index is 0.391. The zero-order valence-corrected chi connectivity index (χ0v) is 5.70. The highest BCUT2D eigenvalue weighted by Gasteiger charge is 1.85. The van der Waals surface area contributed by atoms with E-state index in [0.717, 1.165) is 0 Å². The smallest absolute Gasteiger partial charge is 0.215 e. The lowest BCUT2D eigenvalue weighted by atomic mass is 10.7. The molecule has 0 aliphatic rings. The fraction of sp³-hybridized carbons (Fsp3) is 0.250. The topological polar surface area (TPSA) is 53.6 Å². The van der Waals surface area contributed by atoms with Crippen molar-refractivity contribution in [3.8, 4) is 0 Å². The van der Waals surface area contributed by atoms with Gasteiger partial charge >= 0.3 is 0 Å². The van der Waals surface area contributed by atoms with Crippen LogP contribution >= 0.6 is 12.2 Å². The molecule has 0 aromatic carbocycles. The van der Waals surface area contributed by atoms with Crippen LogP contribution in [0.4, 0.5) is 5.82 Å².